The van der Waals surface area contributed by atoms with Gasteiger partial charge in [-0.05, 0) is 42.5 Å². The van der Waals surface area contributed by atoms with Crippen LogP contribution >= 0.6 is 11.3 Å². The lowest BCUT2D eigenvalue weighted by molar-refractivity contribution is 0.0642. The molecule has 0 unspecified atom stereocenters. The van der Waals surface area contributed by atoms with E-state index in [1.807, 2.05) is 0 Å². The van der Waals surface area contributed by atoms with Crippen LogP contribution in [0.3, 0.4) is 0 Å². The smallest absolute Gasteiger partial charge is 0.268 e. The van der Waals surface area contributed by atoms with Gasteiger partial charge in [-0.2, -0.15) is 4.31 Å². The number of nitrogens with zero attached hydrogens (tertiary/aromatic N) is 3. The number of fused-ring (bicyclic) bond motifs is 1. The Hall–Kier alpha value is -2.10. The molecule has 2 atom stereocenters. The zero-order valence-electron chi connectivity index (χ0n) is 15.7. The predicted molar refractivity (Wildman–Crippen MR) is 104 cm³/mol. The van der Waals surface area contributed by atoms with Gasteiger partial charge in [0.2, 0.25) is 0 Å². The van der Waals surface area contributed by atoms with Crippen LogP contribution in [0.4, 0.5) is 0 Å². The third-order valence-corrected chi connectivity index (χ3v) is 8.48. The number of hydrogen-bond acceptors (Lipinski definition) is 6. The summed E-state index contributed by atoms with van der Waals surface area (Å²) < 4.78 is 27.8. The zero-order chi connectivity index (χ0) is 20.1. The molecule has 2 aromatic rings. The summed E-state index contributed by atoms with van der Waals surface area (Å²) in [5.74, 6) is -0.200. The summed E-state index contributed by atoms with van der Waals surface area (Å²) in [6, 6.07) is 6.43. The first-order valence-corrected chi connectivity index (χ1v) is 11.4. The van der Waals surface area contributed by atoms with Crippen molar-refractivity contribution in [2.45, 2.75) is 31.0 Å². The summed E-state index contributed by atoms with van der Waals surface area (Å²) in [5.41, 5.74) is 0.432. The van der Waals surface area contributed by atoms with E-state index >= 15 is 0 Å². The van der Waals surface area contributed by atoms with Crippen LogP contribution in [0.1, 0.15) is 46.0 Å². The molecule has 0 radical (unpaired) electrons. The SMILES string of the molecule is C[C@@H]1C[C@@H](C)CN(S(=O)(=O)c2ccc(CN3C(=O)c4cccnc4C3=O)s2)C1. The van der Waals surface area contributed by atoms with Gasteiger partial charge >= 0.3 is 0 Å². The predicted octanol–water partition coefficient (Wildman–Crippen LogP) is 2.61. The number of thiophene rings is 1. The molecule has 2 aliphatic rings. The van der Waals surface area contributed by atoms with E-state index in [0.29, 0.717) is 29.8 Å². The summed E-state index contributed by atoms with van der Waals surface area (Å²) in [7, 11) is -3.57. The van der Waals surface area contributed by atoms with Crippen LogP contribution in [0.5, 0.6) is 0 Å². The summed E-state index contributed by atoms with van der Waals surface area (Å²) >= 11 is 1.11. The number of hydrogen-bond donors (Lipinski definition) is 0. The molecular formula is C19H21N3O4S2. The van der Waals surface area contributed by atoms with E-state index < -0.39 is 21.8 Å². The minimum Gasteiger partial charge on any atom is -0.268 e. The van der Waals surface area contributed by atoms with Crippen LogP contribution < -0.4 is 0 Å². The van der Waals surface area contributed by atoms with E-state index in [4.69, 9.17) is 0 Å². The summed E-state index contributed by atoms with van der Waals surface area (Å²) in [6.45, 7) is 5.21. The Morgan fingerprint density at radius 1 is 1.11 bits per heavy atom. The number of aromatic nitrogens is 1. The molecule has 7 nitrogen and oxygen atoms in total. The van der Waals surface area contributed by atoms with Gasteiger partial charge in [-0.1, -0.05) is 13.8 Å². The van der Waals surface area contributed by atoms with Crippen molar-refractivity contribution in [3.8, 4) is 0 Å². The number of piperidine rings is 1. The Morgan fingerprint density at radius 3 is 2.50 bits per heavy atom. The Morgan fingerprint density at radius 2 is 1.82 bits per heavy atom. The molecule has 4 heterocycles. The van der Waals surface area contributed by atoms with Gasteiger partial charge in [-0.25, -0.2) is 8.42 Å². The molecule has 1 fully saturated rings. The quantitative estimate of drug-likeness (QED) is 0.711. The lowest BCUT2D eigenvalue weighted by Gasteiger charge is -2.33. The van der Waals surface area contributed by atoms with E-state index in [1.54, 1.807) is 28.6 Å². The van der Waals surface area contributed by atoms with E-state index in [2.05, 4.69) is 18.8 Å². The monoisotopic (exact) mass is 419 g/mol. The highest BCUT2D eigenvalue weighted by Gasteiger charge is 2.37. The van der Waals surface area contributed by atoms with E-state index in [-0.39, 0.29) is 22.0 Å². The Labute approximate surface area is 168 Å². The van der Waals surface area contributed by atoms with Crippen LogP contribution in [-0.4, -0.2) is 47.5 Å². The molecular weight excluding hydrogens is 398 g/mol. The van der Waals surface area contributed by atoms with Gasteiger partial charge in [0.1, 0.15) is 9.90 Å². The average Bonchev–Trinajstić information content (AvgIpc) is 3.21. The number of carbonyl (C=O) groups is 2. The highest BCUT2D eigenvalue weighted by Crippen LogP contribution is 2.31. The molecule has 0 N–H and O–H groups in total. The zero-order valence-corrected chi connectivity index (χ0v) is 17.3. The normalized spacial score (nSPS) is 23.3. The number of imide groups is 1. The van der Waals surface area contributed by atoms with E-state index in [0.717, 1.165) is 22.7 Å². The first kappa shape index (κ1) is 19.2. The number of carbonyl (C=O) groups excluding carboxylic acids is 2. The maximum atomic E-state index is 13.0. The molecule has 0 aromatic carbocycles. The fourth-order valence-electron chi connectivity index (χ4n) is 3.92. The first-order chi connectivity index (χ1) is 13.3. The molecule has 148 valence electrons. The molecule has 28 heavy (non-hydrogen) atoms. The highest BCUT2D eigenvalue weighted by atomic mass is 32.2. The second kappa shape index (κ2) is 7.06. The first-order valence-electron chi connectivity index (χ1n) is 9.17. The molecule has 9 heteroatoms. The molecule has 0 saturated carbocycles. The summed E-state index contributed by atoms with van der Waals surface area (Å²) in [6.07, 6.45) is 2.50. The topological polar surface area (TPSA) is 87.7 Å². The lowest BCUT2D eigenvalue weighted by Crippen LogP contribution is -2.42. The van der Waals surface area contributed by atoms with Crippen molar-refractivity contribution >= 4 is 33.2 Å². The third kappa shape index (κ3) is 3.27. The van der Waals surface area contributed by atoms with Crippen LogP contribution in [0.25, 0.3) is 0 Å². The van der Waals surface area contributed by atoms with Crippen LogP contribution in [0, 0.1) is 11.8 Å². The molecule has 2 amide bonds. The van der Waals surface area contributed by atoms with Crippen molar-refractivity contribution in [1.29, 1.82) is 0 Å². The van der Waals surface area contributed by atoms with E-state index in [9.17, 15) is 18.0 Å². The van der Waals surface area contributed by atoms with Crippen LogP contribution in [-0.2, 0) is 16.6 Å². The summed E-state index contributed by atoms with van der Waals surface area (Å²) in [5, 5.41) is 0. The number of rotatable bonds is 4. The van der Waals surface area contributed by atoms with Crippen molar-refractivity contribution < 1.29 is 18.0 Å². The molecule has 2 aliphatic heterocycles. The van der Waals surface area contributed by atoms with Crippen molar-refractivity contribution in [2.75, 3.05) is 13.1 Å². The molecule has 0 bridgehead atoms. The van der Waals surface area contributed by atoms with Crippen LogP contribution in [0.15, 0.2) is 34.7 Å². The lowest BCUT2D eigenvalue weighted by atomic mass is 9.94. The Balaban J connectivity index is 1.54. The van der Waals surface area contributed by atoms with E-state index in [1.165, 1.54) is 6.20 Å². The Kier molecular flexibility index (Phi) is 4.84. The number of pyridine rings is 1. The van der Waals surface area contributed by atoms with Gasteiger partial charge in [0.25, 0.3) is 21.8 Å². The van der Waals surface area contributed by atoms with Gasteiger partial charge in [-0.3, -0.25) is 19.5 Å². The second-order valence-corrected chi connectivity index (χ2v) is 10.9. The van der Waals surface area contributed by atoms with Gasteiger partial charge in [0.05, 0.1) is 12.1 Å². The average molecular weight is 420 g/mol. The molecule has 2 aromatic heterocycles. The summed E-state index contributed by atoms with van der Waals surface area (Å²) in [4.78, 5) is 30.7. The second-order valence-electron chi connectivity index (χ2n) is 7.58. The van der Waals surface area contributed by atoms with Gasteiger partial charge in [0, 0.05) is 24.2 Å². The number of amides is 2. The number of sulfonamides is 1. The molecule has 0 spiro atoms. The maximum absolute atomic E-state index is 13.0. The minimum absolute atomic E-state index is 0.0427. The minimum atomic E-state index is -3.57. The van der Waals surface area contributed by atoms with Crippen molar-refractivity contribution in [2.24, 2.45) is 11.8 Å². The van der Waals surface area contributed by atoms with Crippen molar-refractivity contribution in [3.63, 3.8) is 0 Å². The molecule has 4 rings (SSSR count). The van der Waals surface area contributed by atoms with Gasteiger partial charge in [0.15, 0.2) is 0 Å². The van der Waals surface area contributed by atoms with Gasteiger partial charge in [-0.15, -0.1) is 11.3 Å². The standard InChI is InChI=1S/C19H21N3O4S2/c1-12-8-13(2)10-21(9-12)28(25,26)16-6-5-14(27-16)11-22-18(23)15-4-3-7-20-17(15)19(22)24/h3-7,12-13H,8-11H2,1-2H3/t12-,13-/m1/s1. The fourth-order valence-corrected chi connectivity index (χ4v) is 7.10. The largest absolute Gasteiger partial charge is 0.280 e. The van der Waals surface area contributed by atoms with Crippen LogP contribution in [0.2, 0.25) is 0 Å². The van der Waals surface area contributed by atoms with Crippen molar-refractivity contribution in [3.05, 3.63) is 46.6 Å². The van der Waals surface area contributed by atoms with Crippen molar-refractivity contribution in [1.82, 2.24) is 14.2 Å². The Bertz CT molecular complexity index is 1000. The molecule has 0 aliphatic carbocycles. The highest BCUT2D eigenvalue weighted by molar-refractivity contribution is 7.91. The fraction of sp³-hybridized carbons (Fsp3) is 0.421. The van der Waals surface area contributed by atoms with Gasteiger partial charge < -0.3 is 0 Å². The third-order valence-electron chi connectivity index (χ3n) is 5.11. The molecule has 1 saturated heterocycles. The maximum Gasteiger partial charge on any atom is 0.280 e.